The molecular formula is C43H51F2N7O4. The molecule has 0 saturated carbocycles. The molecule has 3 fully saturated rings. The van der Waals surface area contributed by atoms with Gasteiger partial charge >= 0.3 is 0 Å². The van der Waals surface area contributed by atoms with Crippen molar-refractivity contribution in [2.45, 2.75) is 101 Å². The van der Waals surface area contributed by atoms with Gasteiger partial charge < -0.3 is 20.2 Å². The van der Waals surface area contributed by atoms with E-state index in [2.05, 4.69) is 61.6 Å². The van der Waals surface area contributed by atoms with E-state index in [9.17, 15) is 18.4 Å². The molecule has 7 rings (SSSR count). The fourth-order valence-corrected chi connectivity index (χ4v) is 8.03. The molecule has 2 amide bonds. The van der Waals surface area contributed by atoms with Gasteiger partial charge in [-0.25, -0.2) is 18.3 Å². The predicted molar refractivity (Wildman–Crippen MR) is 211 cm³/mol. The number of imide groups is 1. The van der Waals surface area contributed by atoms with E-state index in [4.69, 9.17) is 14.9 Å². The van der Waals surface area contributed by atoms with Crippen molar-refractivity contribution in [1.82, 2.24) is 24.8 Å². The van der Waals surface area contributed by atoms with Gasteiger partial charge in [0.2, 0.25) is 11.8 Å². The molecule has 3 aliphatic rings. The number of anilines is 2. The summed E-state index contributed by atoms with van der Waals surface area (Å²) in [6.07, 6.45) is 16.5. The Balaban J connectivity index is 0.00000172. The molecule has 2 atom stereocenters. The molecule has 3 aliphatic heterocycles. The second-order valence-corrected chi connectivity index (χ2v) is 14.8. The topological polar surface area (TPSA) is 132 Å². The SMILES string of the molecule is O=C1CCC(Nc2ccc(C3CCN(CCCCCCCCC#Cc4cnn5ccc(N6CCC[C@@H]6c6cc(F)ccc6F)nc45)CC3)cc2)C(=O)N1.O=CO. The van der Waals surface area contributed by atoms with E-state index in [0.717, 1.165) is 68.5 Å². The zero-order chi connectivity index (χ0) is 39.3. The van der Waals surface area contributed by atoms with Gasteiger partial charge in [-0.3, -0.25) is 19.7 Å². The molecule has 0 aliphatic carbocycles. The third kappa shape index (κ3) is 10.7. The number of nitrogens with one attached hydrogen (secondary N) is 2. The first kappa shape index (κ1) is 40.3. The number of carboxylic acid groups (broad SMARTS) is 1. The number of likely N-dealkylation sites (tertiary alicyclic amines) is 1. The van der Waals surface area contributed by atoms with Crippen LogP contribution in [0.25, 0.3) is 5.65 Å². The fraction of sp³-hybridized carbons (Fsp3) is 0.465. The summed E-state index contributed by atoms with van der Waals surface area (Å²) in [6, 6.07) is 13.4. The molecule has 1 unspecified atom stereocenters. The van der Waals surface area contributed by atoms with Crippen molar-refractivity contribution in [2.75, 3.05) is 36.4 Å². The molecule has 3 saturated heterocycles. The lowest BCUT2D eigenvalue weighted by Gasteiger charge is -2.32. The second kappa shape index (κ2) is 20.0. The number of hydrogen-bond donors (Lipinski definition) is 3. The van der Waals surface area contributed by atoms with Crippen LogP contribution in [0.1, 0.15) is 112 Å². The van der Waals surface area contributed by atoms with Crippen LogP contribution in [0.15, 0.2) is 60.9 Å². The minimum Gasteiger partial charge on any atom is -0.483 e. The molecule has 2 aromatic heterocycles. The standard InChI is InChI=1S/C42H49F2N7O2.CH2O2/c43-33-14-17-36(44)35(28-33)38-11-9-24-50(38)39-22-27-51-41(47-39)32(29-45-51)10-7-5-3-1-2-4-6-8-23-49-25-20-31(21-26-49)30-12-15-34(16-13-30)46-37-18-19-40(52)48-42(37)53;2-1-3/h12-17,22,27-29,31,37-38,46H,1-6,8-9,11,18-21,23-26H2,(H,48,52,53);1H,(H,2,3)/t37?,38-;/m1./s1. The van der Waals surface area contributed by atoms with Crippen molar-refractivity contribution < 1.29 is 28.3 Å². The Hall–Kier alpha value is -5.35. The van der Waals surface area contributed by atoms with Crippen LogP contribution in [0, 0.1) is 23.5 Å². The molecule has 4 aromatic rings. The van der Waals surface area contributed by atoms with Gasteiger partial charge in [0.15, 0.2) is 5.65 Å². The lowest BCUT2D eigenvalue weighted by Crippen LogP contribution is -2.47. The van der Waals surface area contributed by atoms with Crippen LogP contribution < -0.4 is 15.5 Å². The molecule has 13 heteroatoms. The number of aromatic nitrogens is 3. The summed E-state index contributed by atoms with van der Waals surface area (Å²) in [5, 5.41) is 17.0. The number of nitrogens with zero attached hydrogens (tertiary/aromatic N) is 5. The second-order valence-electron chi connectivity index (χ2n) is 14.8. The highest BCUT2D eigenvalue weighted by Gasteiger charge is 2.30. The zero-order valence-electron chi connectivity index (χ0n) is 31.8. The molecule has 5 heterocycles. The quantitative estimate of drug-likeness (QED) is 0.0558. The summed E-state index contributed by atoms with van der Waals surface area (Å²) in [4.78, 5) is 41.3. The smallest absolute Gasteiger partial charge is 0.290 e. The van der Waals surface area contributed by atoms with Crippen LogP contribution >= 0.6 is 0 Å². The number of fused-ring (bicyclic) bond motifs is 1. The maximum atomic E-state index is 14.6. The summed E-state index contributed by atoms with van der Waals surface area (Å²) in [5.74, 6) is 6.62. The Morgan fingerprint density at radius 3 is 2.45 bits per heavy atom. The molecule has 11 nitrogen and oxygen atoms in total. The van der Waals surface area contributed by atoms with Gasteiger partial charge in [-0.05, 0) is 112 Å². The van der Waals surface area contributed by atoms with Crippen molar-refractivity contribution in [1.29, 1.82) is 0 Å². The third-order valence-corrected chi connectivity index (χ3v) is 11.0. The van der Waals surface area contributed by atoms with Gasteiger partial charge in [0, 0.05) is 36.8 Å². The number of unbranched alkanes of at least 4 members (excludes halogenated alkanes) is 6. The average molecular weight is 768 g/mol. The van der Waals surface area contributed by atoms with Crippen molar-refractivity contribution in [3.05, 3.63) is 89.2 Å². The number of rotatable bonds is 13. The Morgan fingerprint density at radius 2 is 1.68 bits per heavy atom. The molecule has 0 radical (unpaired) electrons. The number of piperidine rings is 2. The van der Waals surface area contributed by atoms with Crippen LogP contribution in [0.2, 0.25) is 0 Å². The lowest BCUT2D eigenvalue weighted by atomic mass is 9.89. The summed E-state index contributed by atoms with van der Waals surface area (Å²) >= 11 is 0. The minimum absolute atomic E-state index is 0.195. The zero-order valence-corrected chi connectivity index (χ0v) is 31.8. The first-order valence-electron chi connectivity index (χ1n) is 19.9. The molecule has 2 aromatic carbocycles. The van der Waals surface area contributed by atoms with Crippen molar-refractivity contribution in [2.24, 2.45) is 0 Å². The number of hydrogen-bond acceptors (Lipinski definition) is 8. The maximum absolute atomic E-state index is 14.6. The van der Waals surface area contributed by atoms with Crippen molar-refractivity contribution >= 4 is 35.4 Å². The Kier molecular flexibility index (Phi) is 14.4. The third-order valence-electron chi connectivity index (χ3n) is 11.0. The Bertz CT molecular complexity index is 2000. The van der Waals surface area contributed by atoms with E-state index in [1.165, 1.54) is 69.2 Å². The number of halogens is 2. The molecule has 56 heavy (non-hydrogen) atoms. The highest BCUT2D eigenvalue weighted by atomic mass is 19.1. The average Bonchev–Trinajstić information content (AvgIpc) is 3.86. The van der Waals surface area contributed by atoms with Gasteiger partial charge in [-0.2, -0.15) is 5.10 Å². The number of amides is 2. The van der Waals surface area contributed by atoms with Crippen LogP contribution in [-0.4, -0.2) is 75.1 Å². The van der Waals surface area contributed by atoms with E-state index in [0.29, 0.717) is 30.0 Å². The molecule has 0 spiro atoms. The Morgan fingerprint density at radius 1 is 0.929 bits per heavy atom. The van der Waals surface area contributed by atoms with E-state index in [1.807, 2.05) is 12.3 Å². The summed E-state index contributed by atoms with van der Waals surface area (Å²) < 4.78 is 30.3. The van der Waals surface area contributed by atoms with Crippen LogP contribution in [0.3, 0.4) is 0 Å². The van der Waals surface area contributed by atoms with Gasteiger partial charge in [0.1, 0.15) is 23.5 Å². The normalized spacial score (nSPS) is 18.9. The van der Waals surface area contributed by atoms with E-state index < -0.39 is 11.6 Å². The van der Waals surface area contributed by atoms with E-state index >= 15 is 0 Å². The Labute approximate surface area is 326 Å². The largest absolute Gasteiger partial charge is 0.483 e. The van der Waals surface area contributed by atoms with Crippen LogP contribution in [0.5, 0.6) is 0 Å². The predicted octanol–water partition coefficient (Wildman–Crippen LogP) is 7.23. The van der Waals surface area contributed by atoms with E-state index in [-0.39, 0.29) is 30.4 Å². The minimum atomic E-state index is -0.432. The van der Waals surface area contributed by atoms with Gasteiger partial charge in [0.05, 0.1) is 17.8 Å². The highest BCUT2D eigenvalue weighted by Crippen LogP contribution is 2.37. The first-order valence-corrected chi connectivity index (χ1v) is 19.9. The first-order chi connectivity index (χ1) is 27.3. The van der Waals surface area contributed by atoms with E-state index in [1.54, 1.807) is 10.7 Å². The lowest BCUT2D eigenvalue weighted by molar-refractivity contribution is -0.133. The summed E-state index contributed by atoms with van der Waals surface area (Å²) in [7, 11) is 0. The molecule has 0 bridgehead atoms. The monoisotopic (exact) mass is 767 g/mol. The fourth-order valence-electron chi connectivity index (χ4n) is 8.03. The number of carbonyl (C=O) groups excluding carboxylic acids is 2. The van der Waals surface area contributed by atoms with Gasteiger partial charge in [-0.15, -0.1) is 0 Å². The molecule has 296 valence electrons. The van der Waals surface area contributed by atoms with Crippen molar-refractivity contribution in [3.63, 3.8) is 0 Å². The van der Waals surface area contributed by atoms with Crippen molar-refractivity contribution in [3.8, 4) is 11.8 Å². The van der Waals surface area contributed by atoms with Crippen LogP contribution in [-0.2, 0) is 14.4 Å². The summed E-state index contributed by atoms with van der Waals surface area (Å²) in [5.41, 5.74) is 4.11. The molecular weight excluding hydrogens is 717 g/mol. The maximum Gasteiger partial charge on any atom is 0.290 e. The van der Waals surface area contributed by atoms with Gasteiger partial charge in [0.25, 0.3) is 6.47 Å². The number of benzene rings is 2. The van der Waals surface area contributed by atoms with Gasteiger partial charge in [-0.1, -0.05) is 49.7 Å². The summed E-state index contributed by atoms with van der Waals surface area (Å²) in [6.45, 7) is 3.92. The van der Waals surface area contributed by atoms with Crippen LogP contribution in [0.4, 0.5) is 20.3 Å². The number of carbonyl (C=O) groups is 3. The highest BCUT2D eigenvalue weighted by molar-refractivity contribution is 6.01. The molecule has 3 N–H and O–H groups in total.